The maximum absolute atomic E-state index is 12.6. The molecule has 1 atom stereocenters. The standard InChI is InChI=1S/C33H46BrN5O3/c1-8-9-10-15-38-21-25(32(40)41-7)17-27(24(38)5)28(19-36-6)31(22(2)3)42-16-11-12-23(4)20-39-30-18-26(34)13-14-29(30)37-33(39)35/h10,13-15,17-18,21-23,36H,5,8-9,11-12,16,19-20H2,1-4,6-7H3,(H2,35,37)/b15-10-,31-28-. The van der Waals surface area contributed by atoms with Crippen molar-refractivity contribution in [3.63, 3.8) is 0 Å². The molecular formula is C33H46BrN5O3. The zero-order valence-electron chi connectivity index (χ0n) is 25.9. The Morgan fingerprint density at radius 2 is 2.05 bits per heavy atom. The fourth-order valence-corrected chi connectivity index (χ4v) is 5.39. The first-order valence-corrected chi connectivity index (χ1v) is 15.5. The summed E-state index contributed by atoms with van der Waals surface area (Å²) in [5.41, 5.74) is 11.3. The number of fused-ring (bicyclic) bond motifs is 1. The van der Waals surface area contributed by atoms with Gasteiger partial charge in [0.2, 0.25) is 5.95 Å². The number of likely N-dealkylation sites (N-methyl/N-ethyl adjacent to an activating group) is 1. The lowest BCUT2D eigenvalue weighted by molar-refractivity contribution is -0.135. The van der Waals surface area contributed by atoms with Gasteiger partial charge in [-0.15, -0.1) is 0 Å². The molecule has 0 aliphatic carbocycles. The van der Waals surface area contributed by atoms with E-state index in [-0.39, 0.29) is 5.92 Å². The van der Waals surface area contributed by atoms with Crippen molar-refractivity contribution in [3.8, 4) is 0 Å². The summed E-state index contributed by atoms with van der Waals surface area (Å²) in [5.74, 6) is 1.55. The molecule has 1 unspecified atom stereocenters. The molecule has 8 nitrogen and oxygen atoms in total. The Morgan fingerprint density at radius 1 is 1.29 bits per heavy atom. The van der Waals surface area contributed by atoms with Crippen LogP contribution in [0.15, 0.2) is 82.0 Å². The van der Waals surface area contributed by atoms with Gasteiger partial charge in [0, 0.05) is 52.7 Å². The lowest BCUT2D eigenvalue weighted by Crippen LogP contribution is -2.24. The first-order valence-electron chi connectivity index (χ1n) is 14.7. The van der Waals surface area contributed by atoms with Gasteiger partial charge in [-0.2, -0.15) is 0 Å². The minimum Gasteiger partial charge on any atom is -0.497 e. The van der Waals surface area contributed by atoms with Crippen LogP contribution in [0.3, 0.4) is 0 Å². The number of aromatic nitrogens is 2. The molecule has 3 N–H and O–H groups in total. The number of nitrogen functional groups attached to an aromatic ring is 1. The first kappa shape index (κ1) is 33.2. The number of rotatable bonds is 15. The third-order valence-corrected chi connectivity index (χ3v) is 7.67. The van der Waals surface area contributed by atoms with Crippen molar-refractivity contribution in [2.24, 2.45) is 11.8 Å². The molecule has 1 aliphatic rings. The lowest BCUT2D eigenvalue weighted by Gasteiger charge is -2.29. The number of hydrogen-bond donors (Lipinski definition) is 2. The van der Waals surface area contributed by atoms with Crippen molar-refractivity contribution in [2.45, 2.75) is 59.9 Å². The van der Waals surface area contributed by atoms with Crippen LogP contribution in [-0.4, -0.2) is 47.7 Å². The second kappa shape index (κ2) is 15.8. The molecule has 228 valence electrons. The summed E-state index contributed by atoms with van der Waals surface area (Å²) < 4.78 is 14.7. The van der Waals surface area contributed by atoms with E-state index < -0.39 is 5.97 Å². The molecule has 42 heavy (non-hydrogen) atoms. The molecule has 0 fully saturated rings. The van der Waals surface area contributed by atoms with Crippen LogP contribution in [0.2, 0.25) is 0 Å². The highest BCUT2D eigenvalue weighted by Crippen LogP contribution is 2.33. The number of allylic oxidation sites excluding steroid dienone is 3. The molecular weight excluding hydrogens is 594 g/mol. The van der Waals surface area contributed by atoms with Gasteiger partial charge in [-0.25, -0.2) is 9.78 Å². The Morgan fingerprint density at radius 3 is 2.71 bits per heavy atom. The highest BCUT2D eigenvalue weighted by molar-refractivity contribution is 9.10. The van der Waals surface area contributed by atoms with Crippen LogP contribution in [0, 0.1) is 11.8 Å². The van der Waals surface area contributed by atoms with Gasteiger partial charge in [0.25, 0.3) is 0 Å². The van der Waals surface area contributed by atoms with Crippen molar-refractivity contribution < 1.29 is 14.3 Å². The van der Waals surface area contributed by atoms with Crippen molar-refractivity contribution in [2.75, 3.05) is 33.0 Å². The Balaban J connectivity index is 1.78. The number of benzene rings is 1. The molecule has 0 saturated carbocycles. The van der Waals surface area contributed by atoms with Gasteiger partial charge in [-0.3, -0.25) is 0 Å². The van der Waals surface area contributed by atoms with Crippen LogP contribution in [-0.2, 0) is 20.8 Å². The van der Waals surface area contributed by atoms with Gasteiger partial charge in [0.1, 0.15) is 5.76 Å². The number of carbonyl (C=O) groups excluding carboxylic acids is 1. The summed E-state index contributed by atoms with van der Waals surface area (Å²) in [5, 5.41) is 3.29. The number of carbonyl (C=O) groups is 1. The predicted molar refractivity (Wildman–Crippen MR) is 175 cm³/mol. The summed E-state index contributed by atoms with van der Waals surface area (Å²) in [6, 6.07) is 6.02. The molecule has 0 bridgehead atoms. The maximum atomic E-state index is 12.6. The van der Waals surface area contributed by atoms with E-state index in [4.69, 9.17) is 15.2 Å². The molecule has 3 rings (SSSR count). The van der Waals surface area contributed by atoms with Crippen LogP contribution in [0.1, 0.15) is 53.4 Å². The fraction of sp³-hybridized carbons (Fsp3) is 0.455. The van der Waals surface area contributed by atoms with E-state index in [1.165, 1.54) is 7.11 Å². The van der Waals surface area contributed by atoms with Crippen molar-refractivity contribution in [3.05, 3.63) is 82.0 Å². The minimum absolute atomic E-state index is 0.131. The van der Waals surface area contributed by atoms with E-state index in [9.17, 15) is 4.79 Å². The SMILES string of the molecule is C=C1C(/C(CNC)=C(\OCCCC(C)Cn2c(N)nc3ccc(Br)cc32)C(C)C)=CC(C(=O)OC)=CN1/C=C\CCC. The molecule has 9 heteroatoms. The van der Waals surface area contributed by atoms with E-state index in [1.807, 2.05) is 36.4 Å². The smallest absolute Gasteiger partial charge is 0.339 e. The molecule has 0 saturated heterocycles. The van der Waals surface area contributed by atoms with E-state index in [1.54, 1.807) is 6.20 Å². The minimum atomic E-state index is -0.391. The summed E-state index contributed by atoms with van der Waals surface area (Å²) in [6.07, 6.45) is 11.5. The second-order valence-electron chi connectivity index (χ2n) is 11.0. The lowest BCUT2D eigenvalue weighted by atomic mass is 9.93. The van der Waals surface area contributed by atoms with Crippen LogP contribution >= 0.6 is 15.9 Å². The molecule has 1 aromatic heterocycles. The van der Waals surface area contributed by atoms with Gasteiger partial charge in [0.05, 0.1) is 30.3 Å². The molecule has 1 aromatic carbocycles. The van der Waals surface area contributed by atoms with E-state index in [0.717, 1.165) is 70.3 Å². The summed E-state index contributed by atoms with van der Waals surface area (Å²) in [6.45, 7) is 14.9. The third kappa shape index (κ3) is 8.38. The monoisotopic (exact) mass is 639 g/mol. The number of anilines is 1. The Labute approximate surface area is 259 Å². The molecule has 2 aromatic rings. The number of nitrogens with zero attached hydrogens (tertiary/aromatic N) is 3. The Hall–Kier alpha value is -3.30. The molecule has 0 radical (unpaired) electrons. The van der Waals surface area contributed by atoms with Crippen LogP contribution in [0.25, 0.3) is 11.0 Å². The van der Waals surface area contributed by atoms with Crippen molar-refractivity contribution in [1.29, 1.82) is 0 Å². The molecule has 0 amide bonds. The normalized spacial score (nSPS) is 15.2. The average molecular weight is 641 g/mol. The van der Waals surface area contributed by atoms with E-state index in [2.05, 4.69) is 77.2 Å². The number of esters is 1. The van der Waals surface area contributed by atoms with Gasteiger partial charge in [-0.1, -0.05) is 62.7 Å². The molecule has 2 heterocycles. The van der Waals surface area contributed by atoms with Crippen LogP contribution in [0.5, 0.6) is 0 Å². The number of ether oxygens (including phenoxy) is 2. The average Bonchev–Trinajstić information content (AvgIpc) is 3.26. The van der Waals surface area contributed by atoms with Gasteiger partial charge >= 0.3 is 5.97 Å². The predicted octanol–water partition coefficient (Wildman–Crippen LogP) is 7.07. The number of nitrogens with two attached hydrogens (primary N) is 1. The van der Waals surface area contributed by atoms with Crippen molar-refractivity contribution >= 4 is 38.9 Å². The van der Waals surface area contributed by atoms with Crippen molar-refractivity contribution in [1.82, 2.24) is 19.8 Å². The van der Waals surface area contributed by atoms with Crippen LogP contribution < -0.4 is 11.1 Å². The highest BCUT2D eigenvalue weighted by Gasteiger charge is 2.25. The quantitative estimate of drug-likeness (QED) is 0.122. The largest absolute Gasteiger partial charge is 0.497 e. The fourth-order valence-electron chi connectivity index (χ4n) is 5.04. The number of methoxy groups -OCH3 is 1. The van der Waals surface area contributed by atoms with Gasteiger partial charge in [0.15, 0.2) is 0 Å². The first-order chi connectivity index (χ1) is 20.1. The number of hydrogen-bond acceptors (Lipinski definition) is 7. The number of nitrogens with one attached hydrogen (secondary N) is 1. The van der Waals surface area contributed by atoms with Gasteiger partial charge < -0.3 is 30.0 Å². The molecule has 0 spiro atoms. The number of halogens is 1. The second-order valence-corrected chi connectivity index (χ2v) is 11.9. The topological polar surface area (TPSA) is 94.6 Å². The maximum Gasteiger partial charge on any atom is 0.339 e. The highest BCUT2D eigenvalue weighted by atomic mass is 79.9. The Bertz CT molecular complexity index is 1390. The number of unbranched alkanes of at least 4 members (excludes halogenated alkanes) is 1. The Kier molecular flexibility index (Phi) is 12.5. The summed E-state index contributed by atoms with van der Waals surface area (Å²) in [7, 11) is 3.31. The van der Waals surface area contributed by atoms with Gasteiger partial charge in [-0.05, 0) is 56.5 Å². The zero-order chi connectivity index (χ0) is 30.8. The summed E-state index contributed by atoms with van der Waals surface area (Å²) >= 11 is 3.56. The summed E-state index contributed by atoms with van der Waals surface area (Å²) in [4.78, 5) is 19.0. The molecule has 1 aliphatic heterocycles. The zero-order valence-corrected chi connectivity index (χ0v) is 27.5. The van der Waals surface area contributed by atoms with E-state index >= 15 is 0 Å². The third-order valence-electron chi connectivity index (χ3n) is 7.18. The van der Waals surface area contributed by atoms with Crippen LogP contribution in [0.4, 0.5) is 5.95 Å². The van der Waals surface area contributed by atoms with E-state index in [0.29, 0.717) is 30.6 Å². The number of imidazole rings is 1.